The zero-order valence-electron chi connectivity index (χ0n) is 17.7. The van der Waals surface area contributed by atoms with Crippen molar-refractivity contribution >= 4 is 16.7 Å². The lowest BCUT2D eigenvalue weighted by Gasteiger charge is -2.55. The van der Waals surface area contributed by atoms with Crippen LogP contribution in [0.1, 0.15) is 43.0 Å². The van der Waals surface area contributed by atoms with Gasteiger partial charge in [-0.3, -0.25) is 9.69 Å². The highest BCUT2D eigenvalue weighted by atomic mass is 16.1. The first-order valence-corrected chi connectivity index (χ1v) is 11.5. The molecule has 3 aromatic rings. The minimum Gasteiger partial charge on any atom is -0.357 e. The lowest BCUT2D eigenvalue weighted by Crippen LogP contribution is -2.58. The minimum absolute atomic E-state index is 0.0281. The van der Waals surface area contributed by atoms with Crippen molar-refractivity contribution in [2.24, 2.45) is 17.8 Å². The summed E-state index contributed by atoms with van der Waals surface area (Å²) in [6.45, 7) is 4.68. The fourth-order valence-corrected chi connectivity index (χ4v) is 6.73. The topological polar surface area (TPSA) is 36.1 Å². The molecule has 1 saturated heterocycles. The highest BCUT2D eigenvalue weighted by molar-refractivity contribution is 5.85. The third-order valence-electron chi connectivity index (χ3n) is 8.29. The maximum absolute atomic E-state index is 13.1. The van der Waals surface area contributed by atoms with Crippen LogP contribution in [0.15, 0.2) is 54.6 Å². The van der Waals surface area contributed by atoms with Crippen molar-refractivity contribution in [1.82, 2.24) is 9.88 Å². The standard InChI is InChI=1S/C27H30N2O/c1-27-16-20-15-25(30)19(13-18-7-3-2-4-8-18)14-21(20)17-29(27)12-11-23-22-9-5-6-10-24(22)28-26(23)27/h2-10,19-21,28H,11-17H2,1H3/t19?,20?,21?,27-/m0/s1. The zero-order chi connectivity index (χ0) is 20.3. The first-order chi connectivity index (χ1) is 14.6. The van der Waals surface area contributed by atoms with Gasteiger partial charge in [0, 0.05) is 42.0 Å². The Morgan fingerprint density at radius 1 is 1.07 bits per heavy atom. The molecule has 1 aliphatic carbocycles. The normalized spacial score (nSPS) is 31.2. The number of aromatic amines is 1. The molecule has 4 atom stereocenters. The van der Waals surface area contributed by atoms with E-state index in [2.05, 4.69) is 71.4 Å². The van der Waals surface area contributed by atoms with E-state index in [-0.39, 0.29) is 11.5 Å². The summed E-state index contributed by atoms with van der Waals surface area (Å²) in [6.07, 6.45) is 4.96. The quantitative estimate of drug-likeness (QED) is 0.652. The van der Waals surface area contributed by atoms with Crippen molar-refractivity contribution in [2.75, 3.05) is 13.1 Å². The Morgan fingerprint density at radius 2 is 1.87 bits per heavy atom. The van der Waals surface area contributed by atoms with E-state index in [1.807, 2.05) is 0 Å². The molecule has 3 heterocycles. The number of nitrogens with zero attached hydrogens (tertiary/aromatic N) is 1. The fraction of sp³-hybridized carbons (Fsp3) is 0.444. The van der Waals surface area contributed by atoms with Gasteiger partial charge in [0.25, 0.3) is 0 Å². The Kier molecular flexibility index (Phi) is 4.18. The molecule has 154 valence electrons. The van der Waals surface area contributed by atoms with E-state index in [0.29, 0.717) is 17.6 Å². The van der Waals surface area contributed by atoms with Crippen LogP contribution in [0.2, 0.25) is 0 Å². The molecule has 2 fully saturated rings. The molecule has 1 aromatic heterocycles. The Balaban J connectivity index is 1.28. The van der Waals surface area contributed by atoms with Gasteiger partial charge in [-0.25, -0.2) is 0 Å². The van der Waals surface area contributed by atoms with Gasteiger partial charge in [0.2, 0.25) is 0 Å². The van der Waals surface area contributed by atoms with E-state index in [4.69, 9.17) is 0 Å². The first-order valence-electron chi connectivity index (χ1n) is 11.5. The molecule has 30 heavy (non-hydrogen) atoms. The van der Waals surface area contributed by atoms with Gasteiger partial charge in [0.1, 0.15) is 5.78 Å². The van der Waals surface area contributed by atoms with Crippen molar-refractivity contribution in [1.29, 1.82) is 0 Å². The number of fused-ring (bicyclic) bond motifs is 6. The molecular formula is C27H30N2O. The molecule has 3 unspecified atom stereocenters. The van der Waals surface area contributed by atoms with Crippen LogP contribution < -0.4 is 0 Å². The zero-order valence-corrected chi connectivity index (χ0v) is 17.7. The number of hydrogen-bond donors (Lipinski definition) is 1. The van der Waals surface area contributed by atoms with Gasteiger partial charge in [-0.05, 0) is 61.6 Å². The van der Waals surface area contributed by atoms with Gasteiger partial charge < -0.3 is 4.98 Å². The summed E-state index contributed by atoms with van der Waals surface area (Å²) >= 11 is 0. The number of aromatic nitrogens is 1. The van der Waals surface area contributed by atoms with Crippen molar-refractivity contribution in [3.63, 3.8) is 0 Å². The van der Waals surface area contributed by atoms with Crippen molar-refractivity contribution in [2.45, 2.75) is 44.6 Å². The number of carbonyl (C=O) groups is 1. The number of benzene rings is 2. The van der Waals surface area contributed by atoms with Gasteiger partial charge in [0.15, 0.2) is 0 Å². The lowest BCUT2D eigenvalue weighted by molar-refractivity contribution is -0.132. The van der Waals surface area contributed by atoms with Gasteiger partial charge in [-0.1, -0.05) is 48.5 Å². The maximum Gasteiger partial charge on any atom is 0.136 e. The summed E-state index contributed by atoms with van der Waals surface area (Å²) in [5, 5.41) is 1.39. The van der Waals surface area contributed by atoms with Crippen LogP contribution in [0, 0.1) is 17.8 Å². The third kappa shape index (κ3) is 2.79. The summed E-state index contributed by atoms with van der Waals surface area (Å²) in [5.41, 5.74) is 5.51. The number of carbonyl (C=O) groups excluding carboxylic acids is 1. The SMILES string of the molecule is C[C@@]12CC3CC(=O)C(Cc4ccccc4)CC3CN1CCc1c2[nH]c2ccccc12. The second kappa shape index (κ2) is 6.81. The van der Waals surface area contributed by atoms with Crippen molar-refractivity contribution in [3.05, 3.63) is 71.4 Å². The Morgan fingerprint density at radius 3 is 2.73 bits per heavy atom. The molecule has 0 amide bonds. The summed E-state index contributed by atoms with van der Waals surface area (Å²) < 4.78 is 0. The summed E-state index contributed by atoms with van der Waals surface area (Å²) in [4.78, 5) is 19.6. The second-order valence-corrected chi connectivity index (χ2v) is 10.0. The van der Waals surface area contributed by atoms with Gasteiger partial charge in [-0.15, -0.1) is 0 Å². The molecular weight excluding hydrogens is 368 g/mol. The lowest BCUT2D eigenvalue weighted by atomic mass is 9.63. The molecule has 0 radical (unpaired) electrons. The van der Waals surface area contributed by atoms with Crippen LogP contribution in [0.25, 0.3) is 10.9 Å². The van der Waals surface area contributed by atoms with Crippen LogP contribution in [-0.2, 0) is 23.2 Å². The number of piperidine rings is 1. The molecule has 1 saturated carbocycles. The van der Waals surface area contributed by atoms with E-state index in [0.717, 1.165) is 45.2 Å². The summed E-state index contributed by atoms with van der Waals surface area (Å²) in [7, 11) is 0. The first kappa shape index (κ1) is 18.4. The predicted octanol–water partition coefficient (Wildman–Crippen LogP) is 5.10. The molecule has 2 aromatic carbocycles. The van der Waals surface area contributed by atoms with Crippen LogP contribution in [0.4, 0.5) is 0 Å². The van der Waals surface area contributed by atoms with Crippen LogP contribution in [0.3, 0.4) is 0 Å². The number of para-hydroxylation sites is 1. The molecule has 1 N–H and O–H groups in total. The minimum atomic E-state index is 0.0281. The van der Waals surface area contributed by atoms with Gasteiger partial charge in [0.05, 0.1) is 5.54 Å². The molecule has 0 spiro atoms. The van der Waals surface area contributed by atoms with E-state index in [9.17, 15) is 4.79 Å². The number of hydrogen-bond acceptors (Lipinski definition) is 2. The molecule has 3 heteroatoms. The average molecular weight is 399 g/mol. The average Bonchev–Trinajstić information content (AvgIpc) is 3.14. The van der Waals surface area contributed by atoms with E-state index >= 15 is 0 Å². The summed E-state index contributed by atoms with van der Waals surface area (Å²) in [6, 6.07) is 19.3. The van der Waals surface area contributed by atoms with Crippen LogP contribution >= 0.6 is 0 Å². The fourth-order valence-electron chi connectivity index (χ4n) is 6.73. The van der Waals surface area contributed by atoms with Crippen LogP contribution in [0.5, 0.6) is 0 Å². The van der Waals surface area contributed by atoms with E-state index in [1.54, 1.807) is 0 Å². The highest BCUT2D eigenvalue weighted by Gasteiger charge is 2.50. The number of nitrogens with one attached hydrogen (secondary N) is 1. The van der Waals surface area contributed by atoms with Gasteiger partial charge in [-0.2, -0.15) is 0 Å². The van der Waals surface area contributed by atoms with E-state index in [1.165, 1.54) is 27.7 Å². The smallest absolute Gasteiger partial charge is 0.136 e. The largest absolute Gasteiger partial charge is 0.357 e. The highest BCUT2D eigenvalue weighted by Crippen LogP contribution is 2.50. The predicted molar refractivity (Wildman–Crippen MR) is 120 cm³/mol. The summed E-state index contributed by atoms with van der Waals surface area (Å²) in [5.74, 6) is 1.86. The third-order valence-corrected chi connectivity index (χ3v) is 8.29. The second-order valence-electron chi connectivity index (χ2n) is 10.0. The van der Waals surface area contributed by atoms with Crippen LogP contribution in [-0.4, -0.2) is 28.8 Å². The van der Waals surface area contributed by atoms with Crippen molar-refractivity contribution in [3.8, 4) is 0 Å². The van der Waals surface area contributed by atoms with E-state index < -0.39 is 0 Å². The molecule has 2 aliphatic heterocycles. The van der Waals surface area contributed by atoms with Crippen molar-refractivity contribution < 1.29 is 4.79 Å². The molecule has 0 bridgehead atoms. The number of H-pyrrole nitrogens is 1. The Bertz CT molecular complexity index is 1100. The number of rotatable bonds is 2. The monoisotopic (exact) mass is 398 g/mol. The Hall–Kier alpha value is -2.39. The maximum atomic E-state index is 13.1. The Labute approximate surface area is 178 Å². The van der Waals surface area contributed by atoms with Gasteiger partial charge >= 0.3 is 0 Å². The molecule has 3 aliphatic rings. The number of Topliss-reactive ketones (excluding diaryl/α,β-unsaturated/α-hetero) is 1. The molecule has 3 nitrogen and oxygen atoms in total. The molecule has 6 rings (SSSR count). The number of ketones is 1.